The highest BCUT2D eigenvalue weighted by atomic mass is 32.2. The zero-order valence-corrected chi connectivity index (χ0v) is 17.0. The molecule has 1 aromatic heterocycles. The Morgan fingerprint density at radius 2 is 1.93 bits per heavy atom. The van der Waals surface area contributed by atoms with E-state index in [-0.39, 0.29) is 10.8 Å². The van der Waals surface area contributed by atoms with Gasteiger partial charge in [0.15, 0.2) is 0 Å². The molecular formula is C22H25N3O3S. The second-order valence-electron chi connectivity index (χ2n) is 7.56. The number of piperidine rings is 1. The van der Waals surface area contributed by atoms with E-state index in [1.807, 2.05) is 30.3 Å². The van der Waals surface area contributed by atoms with Gasteiger partial charge in [-0.2, -0.15) is 0 Å². The Morgan fingerprint density at radius 3 is 2.79 bits per heavy atom. The van der Waals surface area contributed by atoms with E-state index < -0.39 is 10.0 Å². The molecular weight excluding hydrogens is 386 g/mol. The second-order valence-corrected chi connectivity index (χ2v) is 9.29. The van der Waals surface area contributed by atoms with Crippen LogP contribution in [0.1, 0.15) is 18.4 Å². The standard InChI is InChI=1S/C22H25N3O3S/c26-20-10-2-1-7-19(20)16-25-13-5-6-17(15-25)14-24-29(27,28)21-11-3-8-18-9-4-12-23-22(18)21/h1-4,7-12,17,24,26H,5-6,13-16H2/t17-/m0/s1. The summed E-state index contributed by atoms with van der Waals surface area (Å²) in [6.07, 6.45) is 3.60. The molecule has 2 aromatic carbocycles. The van der Waals surface area contributed by atoms with Crippen LogP contribution in [-0.4, -0.2) is 43.0 Å². The lowest BCUT2D eigenvalue weighted by atomic mass is 9.98. The Kier molecular flexibility index (Phi) is 5.80. The third-order valence-electron chi connectivity index (χ3n) is 5.44. The SMILES string of the molecule is O=S(=O)(NC[C@@H]1CCCN(Cc2ccccc2O)C1)c1cccc2cccnc12. The van der Waals surface area contributed by atoms with Crippen molar-refractivity contribution in [3.05, 3.63) is 66.4 Å². The van der Waals surface area contributed by atoms with Crippen molar-refractivity contribution in [3.63, 3.8) is 0 Å². The van der Waals surface area contributed by atoms with E-state index in [0.717, 1.165) is 36.9 Å². The highest BCUT2D eigenvalue weighted by Gasteiger charge is 2.24. The minimum Gasteiger partial charge on any atom is -0.508 e. The van der Waals surface area contributed by atoms with E-state index in [1.165, 1.54) is 0 Å². The van der Waals surface area contributed by atoms with Gasteiger partial charge < -0.3 is 5.11 Å². The van der Waals surface area contributed by atoms with Crippen LogP contribution < -0.4 is 4.72 Å². The molecule has 1 aliphatic rings. The summed E-state index contributed by atoms with van der Waals surface area (Å²) < 4.78 is 28.6. The minimum atomic E-state index is -3.64. The zero-order valence-electron chi connectivity index (χ0n) is 16.2. The van der Waals surface area contributed by atoms with Gasteiger partial charge >= 0.3 is 0 Å². The molecule has 29 heavy (non-hydrogen) atoms. The number of para-hydroxylation sites is 2. The van der Waals surface area contributed by atoms with Gasteiger partial charge in [0.1, 0.15) is 10.6 Å². The molecule has 0 saturated carbocycles. The largest absolute Gasteiger partial charge is 0.508 e. The van der Waals surface area contributed by atoms with E-state index in [2.05, 4.69) is 14.6 Å². The summed E-state index contributed by atoms with van der Waals surface area (Å²) in [4.78, 5) is 6.75. The molecule has 0 radical (unpaired) electrons. The summed E-state index contributed by atoms with van der Waals surface area (Å²) in [5.41, 5.74) is 1.39. The number of pyridine rings is 1. The number of sulfonamides is 1. The third kappa shape index (κ3) is 4.58. The van der Waals surface area contributed by atoms with Crippen molar-refractivity contribution in [2.45, 2.75) is 24.3 Å². The van der Waals surface area contributed by atoms with E-state index >= 15 is 0 Å². The average Bonchev–Trinajstić information content (AvgIpc) is 2.74. The Hall–Kier alpha value is -2.48. The van der Waals surface area contributed by atoms with E-state index in [9.17, 15) is 13.5 Å². The summed E-state index contributed by atoms with van der Waals surface area (Å²) in [7, 11) is -3.64. The molecule has 4 rings (SSSR count). The maximum absolute atomic E-state index is 12.9. The van der Waals surface area contributed by atoms with Gasteiger partial charge in [0.2, 0.25) is 10.0 Å². The summed E-state index contributed by atoms with van der Waals surface area (Å²) in [6.45, 7) is 2.81. The normalized spacial score (nSPS) is 18.1. The number of rotatable bonds is 6. The number of fused-ring (bicyclic) bond motifs is 1. The zero-order chi connectivity index (χ0) is 20.3. The Balaban J connectivity index is 1.42. The number of phenols is 1. The second kappa shape index (κ2) is 8.49. The van der Waals surface area contributed by atoms with Crippen LogP contribution in [0.15, 0.2) is 65.7 Å². The first-order valence-electron chi connectivity index (χ1n) is 9.85. The molecule has 1 atom stereocenters. The lowest BCUT2D eigenvalue weighted by Crippen LogP contribution is -2.40. The molecule has 0 bridgehead atoms. The van der Waals surface area contributed by atoms with Crippen LogP contribution in [0.25, 0.3) is 10.9 Å². The topological polar surface area (TPSA) is 82.5 Å². The van der Waals surface area contributed by atoms with Crippen molar-refractivity contribution in [2.75, 3.05) is 19.6 Å². The lowest BCUT2D eigenvalue weighted by molar-refractivity contribution is 0.167. The van der Waals surface area contributed by atoms with E-state index in [4.69, 9.17) is 0 Å². The fourth-order valence-corrected chi connectivity index (χ4v) is 5.24. The fourth-order valence-electron chi connectivity index (χ4n) is 3.95. The summed E-state index contributed by atoms with van der Waals surface area (Å²) in [6, 6.07) is 16.2. The highest BCUT2D eigenvalue weighted by molar-refractivity contribution is 7.89. The van der Waals surface area contributed by atoms with E-state index in [1.54, 1.807) is 30.5 Å². The van der Waals surface area contributed by atoms with Crippen molar-refractivity contribution >= 4 is 20.9 Å². The predicted molar refractivity (Wildman–Crippen MR) is 113 cm³/mol. The van der Waals surface area contributed by atoms with Crippen LogP contribution in [0.4, 0.5) is 0 Å². The fraction of sp³-hybridized carbons (Fsp3) is 0.318. The van der Waals surface area contributed by atoms with Crippen LogP contribution >= 0.6 is 0 Å². The molecule has 1 saturated heterocycles. The Morgan fingerprint density at radius 1 is 1.10 bits per heavy atom. The Bertz CT molecular complexity index is 1100. The van der Waals surface area contributed by atoms with Gasteiger partial charge in [-0.1, -0.05) is 36.4 Å². The third-order valence-corrected chi connectivity index (χ3v) is 6.89. The number of benzene rings is 2. The lowest BCUT2D eigenvalue weighted by Gasteiger charge is -2.33. The number of hydrogen-bond acceptors (Lipinski definition) is 5. The molecule has 0 spiro atoms. The molecule has 0 aliphatic carbocycles. The van der Waals surface area contributed by atoms with Crippen LogP contribution in [0.5, 0.6) is 5.75 Å². The van der Waals surface area contributed by atoms with Gasteiger partial charge in [-0.25, -0.2) is 13.1 Å². The molecule has 0 amide bonds. The molecule has 1 fully saturated rings. The van der Waals surface area contributed by atoms with Gasteiger partial charge in [0.05, 0.1) is 5.52 Å². The van der Waals surface area contributed by atoms with Crippen molar-refractivity contribution in [3.8, 4) is 5.75 Å². The van der Waals surface area contributed by atoms with Crippen molar-refractivity contribution in [2.24, 2.45) is 5.92 Å². The van der Waals surface area contributed by atoms with Crippen molar-refractivity contribution in [1.82, 2.24) is 14.6 Å². The Labute approximate surface area is 171 Å². The molecule has 152 valence electrons. The van der Waals surface area contributed by atoms with Gasteiger partial charge in [0, 0.05) is 36.8 Å². The monoisotopic (exact) mass is 411 g/mol. The molecule has 1 aliphatic heterocycles. The first kappa shape index (κ1) is 19.8. The quantitative estimate of drug-likeness (QED) is 0.651. The van der Waals surface area contributed by atoms with Crippen LogP contribution in [0, 0.1) is 5.92 Å². The summed E-state index contributed by atoms with van der Waals surface area (Å²) >= 11 is 0. The van der Waals surface area contributed by atoms with E-state index in [0.29, 0.717) is 24.4 Å². The first-order chi connectivity index (χ1) is 14.0. The number of nitrogens with zero attached hydrogens (tertiary/aromatic N) is 2. The van der Waals surface area contributed by atoms with Gasteiger partial charge in [-0.05, 0) is 43.5 Å². The number of hydrogen-bond donors (Lipinski definition) is 2. The van der Waals surface area contributed by atoms with Crippen molar-refractivity contribution < 1.29 is 13.5 Å². The molecule has 7 heteroatoms. The number of phenolic OH excluding ortho intramolecular Hbond substituents is 1. The summed E-state index contributed by atoms with van der Waals surface area (Å²) in [5, 5.41) is 10.8. The molecule has 2 heterocycles. The highest BCUT2D eigenvalue weighted by Crippen LogP contribution is 2.24. The minimum absolute atomic E-state index is 0.220. The van der Waals surface area contributed by atoms with Gasteiger partial charge in [-0.3, -0.25) is 9.88 Å². The summed E-state index contributed by atoms with van der Waals surface area (Å²) in [5.74, 6) is 0.533. The molecule has 3 aromatic rings. The molecule has 2 N–H and O–H groups in total. The molecule has 0 unspecified atom stereocenters. The average molecular weight is 412 g/mol. The van der Waals surface area contributed by atoms with Crippen LogP contribution in [0.2, 0.25) is 0 Å². The number of aromatic hydroxyl groups is 1. The van der Waals surface area contributed by atoms with Crippen LogP contribution in [-0.2, 0) is 16.6 Å². The number of aromatic nitrogens is 1. The molecule has 6 nitrogen and oxygen atoms in total. The maximum Gasteiger partial charge on any atom is 0.242 e. The van der Waals surface area contributed by atoms with Gasteiger partial charge in [0.25, 0.3) is 0 Å². The maximum atomic E-state index is 12.9. The number of likely N-dealkylation sites (tertiary alicyclic amines) is 1. The first-order valence-corrected chi connectivity index (χ1v) is 11.3. The van der Waals surface area contributed by atoms with Crippen LogP contribution in [0.3, 0.4) is 0 Å². The number of nitrogens with one attached hydrogen (secondary N) is 1. The smallest absolute Gasteiger partial charge is 0.242 e. The predicted octanol–water partition coefficient (Wildman–Crippen LogP) is 3.13. The van der Waals surface area contributed by atoms with Crippen molar-refractivity contribution in [1.29, 1.82) is 0 Å². The van der Waals surface area contributed by atoms with Gasteiger partial charge in [-0.15, -0.1) is 0 Å².